The topological polar surface area (TPSA) is 122 Å². The number of nitro groups is 1. The smallest absolute Gasteiger partial charge is 0.271 e. The van der Waals surface area contributed by atoms with E-state index in [1.54, 1.807) is 29.2 Å². The van der Waals surface area contributed by atoms with Crippen LogP contribution in [0.2, 0.25) is 10.0 Å². The van der Waals surface area contributed by atoms with E-state index in [4.69, 9.17) is 33.7 Å². The molecule has 3 aromatic carbocycles. The van der Waals surface area contributed by atoms with Gasteiger partial charge in [0.15, 0.2) is 5.78 Å². The number of nitriles is 1. The fourth-order valence-corrected chi connectivity index (χ4v) is 5.86. The predicted octanol–water partition coefficient (Wildman–Crippen LogP) is 7.40. The van der Waals surface area contributed by atoms with Crippen LogP contribution in [0.3, 0.4) is 0 Å². The highest BCUT2D eigenvalue weighted by molar-refractivity contribution is 6.33. The predicted molar refractivity (Wildman–Crippen MR) is 158 cm³/mol. The van der Waals surface area contributed by atoms with E-state index in [0.717, 1.165) is 22.3 Å². The third-order valence-electron chi connectivity index (χ3n) is 7.54. The standard InChI is InChI=1S/C31H26Cl2N4O4/c1-17-12-18(2)23(13-19(17)16-41-22-9-6-20(32)7-10-22)29-24(15-34)31(35)36(26-4-3-5-28(38)30(26)29)27-14-21(37(39)40)8-11-25(27)33/h6-14,29H,3-5,16,35H2,1-2H3. The summed E-state index contributed by atoms with van der Waals surface area (Å²) in [6.45, 7) is 4.19. The summed E-state index contributed by atoms with van der Waals surface area (Å²) >= 11 is 12.5. The number of hydrogen-bond acceptors (Lipinski definition) is 7. The van der Waals surface area contributed by atoms with E-state index in [9.17, 15) is 20.2 Å². The molecule has 0 saturated carbocycles. The third-order valence-corrected chi connectivity index (χ3v) is 8.11. The molecule has 0 amide bonds. The van der Waals surface area contributed by atoms with E-state index < -0.39 is 10.8 Å². The van der Waals surface area contributed by atoms with Crippen LogP contribution in [0.5, 0.6) is 5.75 Å². The van der Waals surface area contributed by atoms with E-state index in [2.05, 4.69) is 6.07 Å². The van der Waals surface area contributed by atoms with Gasteiger partial charge in [-0.25, -0.2) is 0 Å². The van der Waals surface area contributed by atoms with Gasteiger partial charge in [0, 0.05) is 34.8 Å². The summed E-state index contributed by atoms with van der Waals surface area (Å²) in [5.41, 5.74) is 11.6. The van der Waals surface area contributed by atoms with Gasteiger partial charge in [-0.3, -0.25) is 19.8 Å². The Kier molecular flexibility index (Phi) is 7.76. The normalized spacial score (nSPS) is 16.9. The molecule has 2 aliphatic rings. The number of carbonyl (C=O) groups is 1. The van der Waals surface area contributed by atoms with Crippen molar-refractivity contribution in [2.24, 2.45) is 5.73 Å². The van der Waals surface area contributed by atoms with Crippen LogP contribution in [0.1, 0.15) is 47.4 Å². The van der Waals surface area contributed by atoms with Crippen LogP contribution >= 0.6 is 23.2 Å². The Morgan fingerprint density at radius 2 is 1.83 bits per heavy atom. The van der Waals surface area contributed by atoms with Crippen molar-refractivity contribution in [2.45, 2.75) is 45.6 Å². The largest absolute Gasteiger partial charge is 0.489 e. The molecule has 0 aromatic heterocycles. The fourth-order valence-electron chi connectivity index (χ4n) is 5.53. The average Bonchev–Trinajstić information content (AvgIpc) is 2.94. The number of benzene rings is 3. The van der Waals surface area contributed by atoms with Crippen molar-refractivity contribution >= 4 is 40.4 Å². The number of hydrogen-bond donors (Lipinski definition) is 1. The van der Waals surface area contributed by atoms with Crippen LogP contribution in [0.25, 0.3) is 0 Å². The zero-order chi connectivity index (χ0) is 29.4. The molecule has 1 atom stereocenters. The number of nitrogens with zero attached hydrogens (tertiary/aromatic N) is 3. The van der Waals surface area contributed by atoms with Gasteiger partial charge in [-0.1, -0.05) is 35.3 Å². The van der Waals surface area contributed by atoms with E-state index in [-0.39, 0.29) is 40.2 Å². The van der Waals surface area contributed by atoms with Crippen LogP contribution in [0, 0.1) is 35.3 Å². The fraction of sp³-hybridized carbons (Fsp3) is 0.226. The van der Waals surface area contributed by atoms with Gasteiger partial charge in [-0.05, 0) is 79.3 Å². The van der Waals surface area contributed by atoms with Crippen molar-refractivity contribution in [3.05, 3.63) is 120 Å². The minimum atomic E-state index is -0.702. The molecule has 0 spiro atoms. The summed E-state index contributed by atoms with van der Waals surface area (Å²) in [7, 11) is 0. The zero-order valence-corrected chi connectivity index (χ0v) is 23.9. The van der Waals surface area contributed by atoms with E-state index >= 15 is 0 Å². The number of halogens is 2. The highest BCUT2D eigenvalue weighted by Gasteiger charge is 2.41. The molecule has 1 unspecified atom stereocenters. The molecule has 5 rings (SSSR count). The van der Waals surface area contributed by atoms with Crippen LogP contribution in [-0.2, 0) is 11.4 Å². The van der Waals surface area contributed by atoms with Crippen molar-refractivity contribution in [3.8, 4) is 11.8 Å². The summed E-state index contributed by atoms with van der Waals surface area (Å²) in [4.78, 5) is 26.1. The highest BCUT2D eigenvalue weighted by Crippen LogP contribution is 2.48. The van der Waals surface area contributed by atoms with Gasteiger partial charge >= 0.3 is 0 Å². The Bertz CT molecular complexity index is 1690. The second-order valence-corrected chi connectivity index (χ2v) is 10.9. The molecule has 41 heavy (non-hydrogen) atoms. The second-order valence-electron chi connectivity index (χ2n) is 10.1. The van der Waals surface area contributed by atoms with Gasteiger partial charge < -0.3 is 10.5 Å². The number of carbonyl (C=O) groups excluding carboxylic acids is 1. The lowest BCUT2D eigenvalue weighted by Crippen LogP contribution is -2.39. The number of non-ortho nitro benzene ring substituents is 1. The number of Topliss-reactive ketones (excluding diaryl/α,β-unsaturated/α-hetero) is 1. The Morgan fingerprint density at radius 1 is 1.10 bits per heavy atom. The van der Waals surface area contributed by atoms with Gasteiger partial charge in [0.25, 0.3) is 5.69 Å². The minimum absolute atomic E-state index is 0.0901. The number of aryl methyl sites for hydroxylation is 2. The quantitative estimate of drug-likeness (QED) is 0.235. The molecule has 8 nitrogen and oxygen atoms in total. The number of nitro benzene ring substituents is 1. The Hall–Kier alpha value is -4.32. The first-order valence-electron chi connectivity index (χ1n) is 13.0. The maximum Gasteiger partial charge on any atom is 0.271 e. The van der Waals surface area contributed by atoms with Crippen LogP contribution in [-0.4, -0.2) is 10.7 Å². The minimum Gasteiger partial charge on any atom is -0.489 e. The van der Waals surface area contributed by atoms with E-state index in [1.165, 1.54) is 18.2 Å². The lowest BCUT2D eigenvalue weighted by Gasteiger charge is -2.40. The first-order chi connectivity index (χ1) is 19.6. The Labute approximate surface area is 247 Å². The van der Waals surface area contributed by atoms with Crippen LogP contribution in [0.15, 0.2) is 77.3 Å². The molecule has 208 valence electrons. The molecule has 0 saturated heterocycles. The van der Waals surface area contributed by atoms with Crippen molar-refractivity contribution in [2.75, 3.05) is 4.90 Å². The average molecular weight is 589 g/mol. The monoisotopic (exact) mass is 588 g/mol. The lowest BCUT2D eigenvalue weighted by molar-refractivity contribution is -0.384. The molecule has 0 fully saturated rings. The molecule has 2 N–H and O–H groups in total. The van der Waals surface area contributed by atoms with Gasteiger partial charge in [0.1, 0.15) is 18.2 Å². The second kappa shape index (κ2) is 11.3. The molecule has 1 heterocycles. The number of rotatable bonds is 6. The van der Waals surface area contributed by atoms with Crippen molar-refractivity contribution in [1.29, 1.82) is 5.26 Å². The van der Waals surface area contributed by atoms with Gasteiger partial charge in [-0.2, -0.15) is 5.26 Å². The molecular formula is C31H26Cl2N4O4. The van der Waals surface area contributed by atoms with Gasteiger partial charge in [0.2, 0.25) is 0 Å². The lowest BCUT2D eigenvalue weighted by atomic mass is 9.74. The van der Waals surface area contributed by atoms with Crippen molar-refractivity contribution < 1.29 is 14.5 Å². The zero-order valence-electron chi connectivity index (χ0n) is 22.4. The first-order valence-corrected chi connectivity index (χ1v) is 13.7. The molecule has 1 aliphatic carbocycles. The van der Waals surface area contributed by atoms with Gasteiger partial charge in [-0.15, -0.1) is 0 Å². The number of allylic oxidation sites excluding steroid dienone is 3. The van der Waals surface area contributed by atoms with Crippen molar-refractivity contribution in [3.63, 3.8) is 0 Å². The highest BCUT2D eigenvalue weighted by atomic mass is 35.5. The maximum absolute atomic E-state index is 13.6. The van der Waals surface area contributed by atoms with Gasteiger partial charge in [0.05, 0.1) is 33.2 Å². The van der Waals surface area contributed by atoms with E-state index in [0.29, 0.717) is 41.3 Å². The summed E-state index contributed by atoms with van der Waals surface area (Å²) in [6.07, 6.45) is 1.39. The molecule has 1 aliphatic heterocycles. The number of nitrogens with two attached hydrogens (primary N) is 1. The summed E-state index contributed by atoms with van der Waals surface area (Å²) < 4.78 is 6.01. The molecular weight excluding hydrogens is 563 g/mol. The SMILES string of the molecule is Cc1cc(C)c(C2C(C#N)=C(N)N(c3cc([N+](=O)[O-])ccc3Cl)C3=C2C(=O)CCC3)cc1COc1ccc(Cl)cc1. The summed E-state index contributed by atoms with van der Waals surface area (Å²) in [6, 6.07) is 17.3. The number of anilines is 1. The number of ketones is 1. The molecule has 0 bridgehead atoms. The summed E-state index contributed by atoms with van der Waals surface area (Å²) in [5.74, 6) is -0.0481. The molecule has 3 aromatic rings. The number of ether oxygens (including phenoxy) is 1. The van der Waals surface area contributed by atoms with Crippen molar-refractivity contribution in [1.82, 2.24) is 0 Å². The molecule has 10 heteroatoms. The first kappa shape index (κ1) is 28.2. The Balaban J connectivity index is 1.65. The Morgan fingerprint density at radius 3 is 2.51 bits per heavy atom. The molecule has 0 radical (unpaired) electrons. The van der Waals surface area contributed by atoms with Crippen LogP contribution in [0.4, 0.5) is 11.4 Å². The third kappa shape index (κ3) is 5.26. The summed E-state index contributed by atoms with van der Waals surface area (Å²) in [5, 5.41) is 22.8. The van der Waals surface area contributed by atoms with E-state index in [1.807, 2.05) is 26.0 Å². The maximum atomic E-state index is 13.6. The van der Waals surface area contributed by atoms with Crippen LogP contribution < -0.4 is 15.4 Å².